The van der Waals surface area contributed by atoms with E-state index in [9.17, 15) is 10.2 Å². The van der Waals surface area contributed by atoms with Crippen molar-refractivity contribution in [1.29, 1.82) is 0 Å². The number of hydrogen-bond acceptors (Lipinski definition) is 4. The maximum atomic E-state index is 9.80. The number of phenolic OH excluding ortho intramolecular Hbond substituents is 2. The number of rotatable bonds is 2. The molecule has 3 aromatic carbocycles. The van der Waals surface area contributed by atoms with Crippen LogP contribution in [0.4, 0.5) is 0 Å². The Balaban J connectivity index is 1.85. The Morgan fingerprint density at radius 1 is 0.808 bits per heavy atom. The van der Waals surface area contributed by atoms with Crippen molar-refractivity contribution in [2.45, 2.75) is 17.9 Å². The van der Waals surface area contributed by atoms with Crippen LogP contribution in [0.15, 0.2) is 72.8 Å². The zero-order chi connectivity index (χ0) is 17.9. The van der Waals surface area contributed by atoms with Crippen LogP contribution in [0.2, 0.25) is 0 Å². The number of benzene rings is 3. The van der Waals surface area contributed by atoms with Gasteiger partial charge in [0.05, 0.1) is 5.54 Å². The number of ether oxygens (including phenoxy) is 1. The van der Waals surface area contributed by atoms with Gasteiger partial charge in [0.25, 0.3) is 0 Å². The fraction of sp³-hybridized carbons (Fsp3) is 0.182. The van der Waals surface area contributed by atoms with Gasteiger partial charge in [-0.25, -0.2) is 0 Å². The quantitative estimate of drug-likeness (QED) is 0.695. The summed E-state index contributed by atoms with van der Waals surface area (Å²) in [7, 11) is 2.07. The highest BCUT2D eigenvalue weighted by molar-refractivity contribution is 5.56. The summed E-state index contributed by atoms with van der Waals surface area (Å²) in [6.07, 6.45) is 0.103. The van der Waals surface area contributed by atoms with Crippen molar-refractivity contribution in [2.75, 3.05) is 7.05 Å². The van der Waals surface area contributed by atoms with Gasteiger partial charge in [-0.2, -0.15) is 0 Å². The summed E-state index contributed by atoms with van der Waals surface area (Å²) >= 11 is 0. The largest absolute Gasteiger partial charge is 0.508 e. The molecule has 0 radical (unpaired) electrons. The van der Waals surface area contributed by atoms with Crippen LogP contribution in [0.25, 0.3) is 0 Å². The smallest absolute Gasteiger partial charge is 0.143 e. The highest BCUT2D eigenvalue weighted by Crippen LogP contribution is 2.57. The standard InChI is InChI=1S/C22H19NO3/c1-23-21-20(26-21)18-4-2-3-5-19(18)22(23,14-6-10-16(24)11-7-14)15-8-12-17(25)13-9-15/h2-13,20-21,24-25H,1H3. The van der Waals surface area contributed by atoms with Gasteiger partial charge >= 0.3 is 0 Å². The summed E-state index contributed by atoms with van der Waals surface area (Å²) < 4.78 is 5.99. The molecule has 0 aliphatic carbocycles. The second-order valence-electron chi connectivity index (χ2n) is 6.95. The van der Waals surface area contributed by atoms with Gasteiger partial charge in [-0.05, 0) is 53.6 Å². The molecule has 5 rings (SSSR count). The lowest BCUT2D eigenvalue weighted by Gasteiger charge is -2.46. The van der Waals surface area contributed by atoms with Crippen LogP contribution in [0.3, 0.4) is 0 Å². The van der Waals surface area contributed by atoms with E-state index in [2.05, 4.69) is 24.1 Å². The van der Waals surface area contributed by atoms with Crippen molar-refractivity contribution >= 4 is 0 Å². The third-order valence-electron chi connectivity index (χ3n) is 5.61. The van der Waals surface area contributed by atoms with Crippen molar-refractivity contribution in [3.8, 4) is 11.5 Å². The van der Waals surface area contributed by atoms with E-state index >= 15 is 0 Å². The molecule has 2 aliphatic rings. The van der Waals surface area contributed by atoms with E-state index in [0.29, 0.717) is 0 Å². The molecule has 0 saturated carbocycles. The van der Waals surface area contributed by atoms with Crippen LogP contribution >= 0.6 is 0 Å². The first-order valence-corrected chi connectivity index (χ1v) is 8.69. The summed E-state index contributed by atoms with van der Waals surface area (Å²) in [6.45, 7) is 0. The molecule has 2 heterocycles. The van der Waals surface area contributed by atoms with E-state index in [-0.39, 0.29) is 23.8 Å². The van der Waals surface area contributed by atoms with Crippen LogP contribution in [-0.4, -0.2) is 28.4 Å². The number of phenols is 2. The number of fused-ring (bicyclic) bond motifs is 3. The molecule has 2 N–H and O–H groups in total. The first kappa shape index (κ1) is 15.4. The van der Waals surface area contributed by atoms with Gasteiger partial charge < -0.3 is 14.9 Å². The van der Waals surface area contributed by atoms with E-state index in [0.717, 1.165) is 16.7 Å². The molecule has 130 valence electrons. The van der Waals surface area contributed by atoms with E-state index in [1.165, 1.54) is 5.56 Å². The minimum Gasteiger partial charge on any atom is -0.508 e. The van der Waals surface area contributed by atoms with Crippen LogP contribution < -0.4 is 0 Å². The number of epoxide rings is 1. The Kier molecular flexibility index (Phi) is 3.17. The number of aromatic hydroxyl groups is 2. The molecule has 0 amide bonds. The van der Waals surface area contributed by atoms with E-state index in [4.69, 9.17) is 4.74 Å². The van der Waals surface area contributed by atoms with Crippen molar-refractivity contribution < 1.29 is 14.9 Å². The van der Waals surface area contributed by atoms with Gasteiger partial charge in [-0.1, -0.05) is 48.5 Å². The fourth-order valence-electron chi connectivity index (χ4n) is 4.37. The average molecular weight is 345 g/mol. The highest BCUT2D eigenvalue weighted by atomic mass is 16.6. The lowest BCUT2D eigenvalue weighted by atomic mass is 9.71. The van der Waals surface area contributed by atoms with E-state index in [1.54, 1.807) is 24.3 Å². The minimum absolute atomic E-state index is 0.00695. The van der Waals surface area contributed by atoms with Crippen molar-refractivity contribution in [3.63, 3.8) is 0 Å². The Hall–Kier alpha value is -2.82. The van der Waals surface area contributed by atoms with Crippen molar-refractivity contribution in [1.82, 2.24) is 4.90 Å². The van der Waals surface area contributed by atoms with Gasteiger partial charge in [-0.3, -0.25) is 4.90 Å². The Labute approximate surface area is 151 Å². The Morgan fingerprint density at radius 2 is 1.35 bits per heavy atom. The summed E-state index contributed by atoms with van der Waals surface area (Å²) in [6, 6.07) is 23.0. The second kappa shape index (κ2) is 5.34. The molecule has 26 heavy (non-hydrogen) atoms. The third-order valence-corrected chi connectivity index (χ3v) is 5.61. The molecule has 1 saturated heterocycles. The molecule has 4 heteroatoms. The predicted octanol–water partition coefficient (Wildman–Crippen LogP) is 3.73. The normalized spacial score (nSPS) is 23.1. The first-order valence-electron chi connectivity index (χ1n) is 8.69. The zero-order valence-electron chi connectivity index (χ0n) is 14.3. The SMILES string of the molecule is CN1C2OC2c2ccccc2C1(c1ccc(O)cc1)c1ccc(O)cc1. The Morgan fingerprint density at radius 3 is 1.92 bits per heavy atom. The van der Waals surface area contributed by atoms with Crippen molar-refractivity contribution in [2.24, 2.45) is 0 Å². The topological polar surface area (TPSA) is 56.2 Å². The lowest BCUT2D eigenvalue weighted by Crippen LogP contribution is -2.50. The molecule has 2 aliphatic heterocycles. The van der Waals surface area contributed by atoms with Gasteiger partial charge in [0.15, 0.2) is 0 Å². The summed E-state index contributed by atoms with van der Waals surface area (Å²) in [5, 5.41) is 19.6. The lowest BCUT2D eigenvalue weighted by molar-refractivity contribution is 0.124. The molecule has 0 bridgehead atoms. The van der Waals surface area contributed by atoms with Crippen LogP contribution in [0.5, 0.6) is 11.5 Å². The van der Waals surface area contributed by atoms with Gasteiger partial charge in [0.2, 0.25) is 0 Å². The molecule has 2 atom stereocenters. The molecule has 0 spiro atoms. The third kappa shape index (κ3) is 1.97. The Bertz CT molecular complexity index is 920. The fourth-order valence-corrected chi connectivity index (χ4v) is 4.37. The van der Waals surface area contributed by atoms with Gasteiger partial charge in [-0.15, -0.1) is 0 Å². The summed E-state index contributed by atoms with van der Waals surface area (Å²) in [4.78, 5) is 2.25. The number of likely N-dealkylation sites (N-methyl/N-ethyl adjacent to an activating group) is 1. The minimum atomic E-state index is -0.560. The van der Waals surface area contributed by atoms with E-state index in [1.807, 2.05) is 36.4 Å². The van der Waals surface area contributed by atoms with Gasteiger partial charge in [0, 0.05) is 0 Å². The molecular formula is C22H19NO3. The predicted molar refractivity (Wildman–Crippen MR) is 97.9 cm³/mol. The van der Waals surface area contributed by atoms with E-state index < -0.39 is 5.54 Å². The number of nitrogens with zero attached hydrogens (tertiary/aromatic N) is 1. The van der Waals surface area contributed by atoms with Crippen LogP contribution in [0, 0.1) is 0 Å². The molecule has 4 nitrogen and oxygen atoms in total. The molecule has 3 aromatic rings. The molecule has 1 fully saturated rings. The molecular weight excluding hydrogens is 326 g/mol. The average Bonchev–Trinajstić information content (AvgIpc) is 3.46. The maximum Gasteiger partial charge on any atom is 0.143 e. The highest BCUT2D eigenvalue weighted by Gasteiger charge is 2.59. The van der Waals surface area contributed by atoms with Crippen LogP contribution in [-0.2, 0) is 10.3 Å². The van der Waals surface area contributed by atoms with Crippen molar-refractivity contribution in [3.05, 3.63) is 95.1 Å². The second-order valence-corrected chi connectivity index (χ2v) is 6.95. The monoisotopic (exact) mass is 345 g/mol. The summed E-state index contributed by atoms with van der Waals surface area (Å²) in [5.74, 6) is 0.476. The maximum absolute atomic E-state index is 9.80. The zero-order valence-corrected chi connectivity index (χ0v) is 14.3. The molecule has 2 unspecified atom stereocenters. The van der Waals surface area contributed by atoms with Crippen LogP contribution in [0.1, 0.15) is 28.4 Å². The first-order chi connectivity index (χ1) is 12.6. The summed E-state index contributed by atoms with van der Waals surface area (Å²) in [5.41, 5.74) is 3.89. The number of hydrogen-bond donors (Lipinski definition) is 2. The van der Waals surface area contributed by atoms with Gasteiger partial charge in [0.1, 0.15) is 23.8 Å². The molecule has 0 aromatic heterocycles.